The van der Waals surface area contributed by atoms with Crippen molar-refractivity contribution in [2.24, 2.45) is 0 Å². The van der Waals surface area contributed by atoms with Crippen molar-refractivity contribution in [3.05, 3.63) is 26.6 Å². The van der Waals surface area contributed by atoms with Crippen LogP contribution in [0.5, 0.6) is 0 Å². The fourth-order valence-electron chi connectivity index (χ4n) is 1.69. The molecule has 110 valence electrons. The number of halogens is 2. The summed E-state index contributed by atoms with van der Waals surface area (Å²) in [4.78, 5) is 24.2. The van der Waals surface area contributed by atoms with Gasteiger partial charge in [-0.05, 0) is 62.9 Å². The molecule has 0 unspecified atom stereocenters. The molecule has 0 radical (unpaired) electrons. The third-order valence-corrected chi connectivity index (χ3v) is 3.78. The van der Waals surface area contributed by atoms with Gasteiger partial charge < -0.3 is 15.3 Å². The molecule has 0 spiro atoms. The first-order chi connectivity index (χ1) is 9.35. The van der Waals surface area contributed by atoms with Crippen LogP contribution in [0.25, 0.3) is 0 Å². The van der Waals surface area contributed by atoms with Crippen LogP contribution in [-0.4, -0.2) is 35.1 Å². The smallest absolute Gasteiger partial charge is 0.323 e. The quantitative estimate of drug-likeness (QED) is 0.778. The summed E-state index contributed by atoms with van der Waals surface area (Å²) in [6.45, 7) is 3.90. The molecule has 7 heteroatoms. The molecule has 2 amide bonds. The lowest BCUT2D eigenvalue weighted by atomic mass is 10.2. The highest BCUT2D eigenvalue weighted by molar-refractivity contribution is 9.11. The molecule has 0 saturated heterocycles. The van der Waals surface area contributed by atoms with Crippen molar-refractivity contribution in [3.8, 4) is 0 Å². The van der Waals surface area contributed by atoms with Gasteiger partial charge in [-0.3, -0.25) is 4.79 Å². The Morgan fingerprint density at radius 3 is 2.30 bits per heavy atom. The SMILES string of the molecule is CCCN(CC(=O)O)C(=O)Nc1c(Br)cc(C)cc1Br. The van der Waals surface area contributed by atoms with E-state index >= 15 is 0 Å². The molecule has 0 fully saturated rings. The van der Waals surface area contributed by atoms with Gasteiger partial charge in [-0.1, -0.05) is 6.92 Å². The lowest BCUT2D eigenvalue weighted by molar-refractivity contribution is -0.137. The van der Waals surface area contributed by atoms with E-state index in [-0.39, 0.29) is 6.54 Å². The van der Waals surface area contributed by atoms with Crippen LogP contribution in [0.4, 0.5) is 10.5 Å². The molecule has 2 N–H and O–H groups in total. The van der Waals surface area contributed by atoms with E-state index in [9.17, 15) is 9.59 Å². The van der Waals surface area contributed by atoms with E-state index in [2.05, 4.69) is 37.2 Å². The van der Waals surface area contributed by atoms with Crippen molar-refractivity contribution in [2.75, 3.05) is 18.4 Å². The molecule has 0 aliphatic rings. The molecule has 0 aliphatic heterocycles. The van der Waals surface area contributed by atoms with Crippen molar-refractivity contribution in [3.63, 3.8) is 0 Å². The molecule has 1 aromatic rings. The number of aliphatic carboxylic acids is 1. The van der Waals surface area contributed by atoms with Crippen molar-refractivity contribution in [1.29, 1.82) is 0 Å². The lowest BCUT2D eigenvalue weighted by Crippen LogP contribution is -2.39. The van der Waals surface area contributed by atoms with E-state index in [1.54, 1.807) is 0 Å². The highest BCUT2D eigenvalue weighted by atomic mass is 79.9. The van der Waals surface area contributed by atoms with Crippen LogP contribution < -0.4 is 5.32 Å². The Hall–Kier alpha value is -1.08. The second kappa shape index (κ2) is 7.64. The minimum Gasteiger partial charge on any atom is -0.480 e. The highest BCUT2D eigenvalue weighted by Gasteiger charge is 2.18. The van der Waals surface area contributed by atoms with E-state index in [0.29, 0.717) is 18.7 Å². The largest absolute Gasteiger partial charge is 0.480 e. The average Bonchev–Trinajstić information content (AvgIpc) is 2.32. The van der Waals surface area contributed by atoms with Crippen molar-refractivity contribution >= 4 is 49.5 Å². The number of urea groups is 1. The molecule has 0 bridgehead atoms. The van der Waals surface area contributed by atoms with Gasteiger partial charge in [0.05, 0.1) is 5.69 Å². The van der Waals surface area contributed by atoms with Crippen molar-refractivity contribution in [2.45, 2.75) is 20.3 Å². The number of carbonyl (C=O) groups excluding carboxylic acids is 1. The highest BCUT2D eigenvalue weighted by Crippen LogP contribution is 2.32. The van der Waals surface area contributed by atoms with Gasteiger partial charge >= 0.3 is 12.0 Å². The number of rotatable bonds is 5. The molecular formula is C13H16Br2N2O3. The van der Waals surface area contributed by atoms with Gasteiger partial charge in [-0.25, -0.2) is 4.79 Å². The van der Waals surface area contributed by atoms with E-state index in [0.717, 1.165) is 14.5 Å². The number of carboxylic acids is 1. The van der Waals surface area contributed by atoms with Gasteiger partial charge in [0.1, 0.15) is 6.54 Å². The Morgan fingerprint density at radius 1 is 1.30 bits per heavy atom. The number of nitrogens with one attached hydrogen (secondary N) is 1. The summed E-state index contributed by atoms with van der Waals surface area (Å²) in [5.74, 6) is -1.03. The standard InChI is InChI=1S/C13H16Br2N2O3/c1-3-4-17(7-11(18)19)13(20)16-12-9(14)5-8(2)6-10(12)15/h5-6H,3-4,7H2,1-2H3,(H,16,20)(H,18,19). The fourth-order valence-corrected chi connectivity index (χ4v) is 3.30. The monoisotopic (exact) mass is 406 g/mol. The van der Waals surface area contributed by atoms with Gasteiger partial charge in [0.15, 0.2) is 0 Å². The van der Waals surface area contributed by atoms with Gasteiger partial charge in [-0.2, -0.15) is 0 Å². The Morgan fingerprint density at radius 2 is 1.85 bits per heavy atom. The molecule has 0 saturated carbocycles. The predicted octanol–water partition coefficient (Wildman–Crippen LogP) is 3.85. The first kappa shape index (κ1) is 17.0. The van der Waals surface area contributed by atoms with Crippen LogP contribution >= 0.6 is 31.9 Å². The summed E-state index contributed by atoms with van der Waals surface area (Å²) in [5.41, 5.74) is 1.63. The summed E-state index contributed by atoms with van der Waals surface area (Å²) in [6, 6.07) is 3.32. The van der Waals surface area contributed by atoms with Crippen LogP contribution in [-0.2, 0) is 4.79 Å². The molecule has 20 heavy (non-hydrogen) atoms. The summed E-state index contributed by atoms with van der Waals surface area (Å²) in [5, 5.41) is 11.6. The zero-order valence-electron chi connectivity index (χ0n) is 11.2. The van der Waals surface area contributed by atoms with Gasteiger partial charge in [-0.15, -0.1) is 0 Å². The fraction of sp³-hybridized carbons (Fsp3) is 0.385. The zero-order valence-corrected chi connectivity index (χ0v) is 14.4. The number of benzene rings is 1. The normalized spacial score (nSPS) is 10.2. The zero-order chi connectivity index (χ0) is 15.3. The van der Waals surface area contributed by atoms with Crippen LogP contribution in [0.1, 0.15) is 18.9 Å². The molecular weight excluding hydrogens is 392 g/mol. The Bertz CT molecular complexity index is 497. The molecule has 0 aliphatic carbocycles. The number of carboxylic acid groups (broad SMARTS) is 1. The number of hydrogen-bond acceptors (Lipinski definition) is 2. The van der Waals surface area contributed by atoms with Crippen LogP contribution in [0.2, 0.25) is 0 Å². The maximum atomic E-state index is 12.1. The number of carbonyl (C=O) groups is 2. The molecule has 0 aromatic heterocycles. The third-order valence-electron chi connectivity index (χ3n) is 2.53. The summed E-state index contributed by atoms with van der Waals surface area (Å²) >= 11 is 6.77. The second-order valence-electron chi connectivity index (χ2n) is 4.35. The number of nitrogens with zero attached hydrogens (tertiary/aromatic N) is 1. The minimum absolute atomic E-state index is 0.319. The number of amides is 2. The molecule has 0 atom stereocenters. The minimum atomic E-state index is -1.03. The average molecular weight is 408 g/mol. The van der Waals surface area contributed by atoms with E-state index in [1.807, 2.05) is 26.0 Å². The number of hydrogen-bond donors (Lipinski definition) is 2. The lowest BCUT2D eigenvalue weighted by Gasteiger charge is -2.21. The Kier molecular flexibility index (Phi) is 6.48. The topological polar surface area (TPSA) is 69.6 Å². The van der Waals surface area contributed by atoms with E-state index < -0.39 is 12.0 Å². The maximum Gasteiger partial charge on any atom is 0.323 e. The van der Waals surface area contributed by atoms with Crippen LogP contribution in [0, 0.1) is 6.92 Å². The first-order valence-electron chi connectivity index (χ1n) is 6.08. The summed E-state index contributed by atoms with van der Waals surface area (Å²) in [7, 11) is 0. The Labute approximate surface area is 134 Å². The third kappa shape index (κ3) is 4.79. The van der Waals surface area contributed by atoms with Crippen LogP contribution in [0.3, 0.4) is 0 Å². The van der Waals surface area contributed by atoms with Gasteiger partial charge in [0, 0.05) is 15.5 Å². The predicted molar refractivity (Wildman–Crippen MR) is 85.1 cm³/mol. The second-order valence-corrected chi connectivity index (χ2v) is 6.06. The number of aryl methyl sites for hydroxylation is 1. The molecule has 5 nitrogen and oxygen atoms in total. The van der Waals surface area contributed by atoms with Gasteiger partial charge in [0.25, 0.3) is 0 Å². The van der Waals surface area contributed by atoms with Crippen molar-refractivity contribution < 1.29 is 14.7 Å². The summed E-state index contributed by atoms with van der Waals surface area (Å²) in [6.07, 6.45) is 0.691. The molecule has 1 aromatic carbocycles. The van der Waals surface area contributed by atoms with E-state index in [4.69, 9.17) is 5.11 Å². The van der Waals surface area contributed by atoms with E-state index in [1.165, 1.54) is 4.90 Å². The summed E-state index contributed by atoms with van der Waals surface area (Å²) < 4.78 is 1.48. The van der Waals surface area contributed by atoms with Crippen LogP contribution in [0.15, 0.2) is 21.1 Å². The molecule has 1 rings (SSSR count). The Balaban J connectivity index is 2.90. The van der Waals surface area contributed by atoms with Gasteiger partial charge in [0.2, 0.25) is 0 Å². The number of anilines is 1. The van der Waals surface area contributed by atoms with Crippen molar-refractivity contribution in [1.82, 2.24) is 4.90 Å². The first-order valence-corrected chi connectivity index (χ1v) is 7.67. The molecule has 0 heterocycles. The maximum absolute atomic E-state index is 12.1.